The van der Waals surface area contributed by atoms with Gasteiger partial charge in [-0.1, -0.05) is 0 Å². The van der Waals surface area contributed by atoms with E-state index in [9.17, 15) is 0 Å². The SMILES string of the molecule is CCn1nc(NCc2sccc2C)cc1C. The third-order valence-electron chi connectivity index (χ3n) is 2.68. The Morgan fingerprint density at radius 2 is 2.25 bits per heavy atom. The van der Waals surface area contributed by atoms with Crippen LogP contribution in [0.3, 0.4) is 0 Å². The van der Waals surface area contributed by atoms with Gasteiger partial charge in [-0.2, -0.15) is 5.10 Å². The van der Waals surface area contributed by atoms with Crippen molar-refractivity contribution in [2.75, 3.05) is 5.32 Å². The highest BCUT2D eigenvalue weighted by molar-refractivity contribution is 7.10. The molecule has 0 atom stereocenters. The minimum atomic E-state index is 0.865. The van der Waals surface area contributed by atoms with Gasteiger partial charge in [0.05, 0.1) is 6.54 Å². The molecule has 86 valence electrons. The van der Waals surface area contributed by atoms with E-state index in [1.165, 1.54) is 16.1 Å². The van der Waals surface area contributed by atoms with Gasteiger partial charge in [-0.3, -0.25) is 4.68 Å². The molecule has 16 heavy (non-hydrogen) atoms. The number of nitrogens with one attached hydrogen (secondary N) is 1. The molecule has 1 N–H and O–H groups in total. The Morgan fingerprint density at radius 3 is 2.81 bits per heavy atom. The zero-order valence-electron chi connectivity index (χ0n) is 9.95. The van der Waals surface area contributed by atoms with E-state index < -0.39 is 0 Å². The van der Waals surface area contributed by atoms with Gasteiger partial charge in [0.1, 0.15) is 5.82 Å². The van der Waals surface area contributed by atoms with Crippen molar-refractivity contribution in [2.45, 2.75) is 33.9 Å². The predicted molar refractivity (Wildman–Crippen MR) is 69.0 cm³/mol. The Bertz CT molecular complexity index is 470. The van der Waals surface area contributed by atoms with Crippen LogP contribution in [0.1, 0.15) is 23.1 Å². The molecule has 2 aromatic heterocycles. The highest BCUT2D eigenvalue weighted by Gasteiger charge is 2.03. The first-order valence-corrected chi connectivity index (χ1v) is 6.40. The molecule has 0 radical (unpaired) electrons. The zero-order valence-corrected chi connectivity index (χ0v) is 10.8. The summed E-state index contributed by atoms with van der Waals surface area (Å²) in [4.78, 5) is 1.38. The Morgan fingerprint density at radius 1 is 1.44 bits per heavy atom. The van der Waals surface area contributed by atoms with E-state index in [0.29, 0.717) is 0 Å². The smallest absolute Gasteiger partial charge is 0.148 e. The number of aromatic nitrogens is 2. The van der Waals surface area contributed by atoms with Crippen LogP contribution in [0, 0.1) is 13.8 Å². The van der Waals surface area contributed by atoms with E-state index in [4.69, 9.17) is 0 Å². The second-order valence-corrected chi connectivity index (χ2v) is 4.87. The number of hydrogen-bond donors (Lipinski definition) is 1. The summed E-state index contributed by atoms with van der Waals surface area (Å²) in [7, 11) is 0. The van der Waals surface area contributed by atoms with E-state index in [-0.39, 0.29) is 0 Å². The number of rotatable bonds is 4. The van der Waals surface area contributed by atoms with Gasteiger partial charge < -0.3 is 5.32 Å². The summed E-state index contributed by atoms with van der Waals surface area (Å²) in [5, 5.41) is 9.96. The fourth-order valence-corrected chi connectivity index (χ4v) is 2.52. The summed E-state index contributed by atoms with van der Waals surface area (Å²) in [5.74, 6) is 0.965. The molecule has 4 heteroatoms. The lowest BCUT2D eigenvalue weighted by Crippen LogP contribution is -2.02. The molecule has 3 nitrogen and oxygen atoms in total. The summed E-state index contributed by atoms with van der Waals surface area (Å²) in [6.07, 6.45) is 0. The lowest BCUT2D eigenvalue weighted by molar-refractivity contribution is 0.641. The van der Waals surface area contributed by atoms with Crippen LogP contribution in [0.25, 0.3) is 0 Å². The van der Waals surface area contributed by atoms with Crippen molar-refractivity contribution in [3.8, 4) is 0 Å². The van der Waals surface area contributed by atoms with Crippen LogP contribution < -0.4 is 5.32 Å². The largest absolute Gasteiger partial charge is 0.364 e. The van der Waals surface area contributed by atoms with Crippen LogP contribution in [0.5, 0.6) is 0 Å². The molecule has 2 aromatic rings. The van der Waals surface area contributed by atoms with Crippen LogP contribution >= 0.6 is 11.3 Å². The summed E-state index contributed by atoms with van der Waals surface area (Å²) in [6, 6.07) is 4.24. The minimum absolute atomic E-state index is 0.865. The van der Waals surface area contributed by atoms with Gasteiger partial charge in [-0.25, -0.2) is 0 Å². The van der Waals surface area contributed by atoms with Crippen LogP contribution in [-0.4, -0.2) is 9.78 Å². The quantitative estimate of drug-likeness (QED) is 0.882. The van der Waals surface area contributed by atoms with Crippen LogP contribution in [0.4, 0.5) is 5.82 Å². The van der Waals surface area contributed by atoms with Gasteiger partial charge in [0, 0.05) is 23.2 Å². The molecule has 0 spiro atoms. The first-order valence-electron chi connectivity index (χ1n) is 5.52. The normalized spacial score (nSPS) is 10.7. The van der Waals surface area contributed by atoms with Gasteiger partial charge in [0.2, 0.25) is 0 Å². The highest BCUT2D eigenvalue weighted by atomic mass is 32.1. The second-order valence-electron chi connectivity index (χ2n) is 3.87. The van der Waals surface area contributed by atoms with Crippen LogP contribution in [0.15, 0.2) is 17.5 Å². The Labute approximate surface area is 100 Å². The predicted octanol–water partition coefficient (Wildman–Crippen LogP) is 3.19. The van der Waals surface area contributed by atoms with Gasteiger partial charge in [0.25, 0.3) is 0 Å². The Balaban J connectivity index is 2.02. The average Bonchev–Trinajstić information content (AvgIpc) is 2.82. The van der Waals surface area contributed by atoms with Crippen molar-refractivity contribution in [1.29, 1.82) is 0 Å². The molecule has 0 amide bonds. The van der Waals surface area contributed by atoms with E-state index in [0.717, 1.165) is 18.9 Å². The van der Waals surface area contributed by atoms with Gasteiger partial charge >= 0.3 is 0 Å². The van der Waals surface area contributed by atoms with Crippen molar-refractivity contribution < 1.29 is 0 Å². The van der Waals surface area contributed by atoms with Crippen molar-refractivity contribution in [1.82, 2.24) is 9.78 Å². The maximum Gasteiger partial charge on any atom is 0.148 e. The molecule has 2 rings (SSSR count). The van der Waals surface area contributed by atoms with Crippen molar-refractivity contribution in [3.05, 3.63) is 33.6 Å². The summed E-state index contributed by atoms with van der Waals surface area (Å²) < 4.78 is 2.00. The molecular weight excluding hydrogens is 218 g/mol. The van der Waals surface area contributed by atoms with Crippen molar-refractivity contribution >= 4 is 17.2 Å². The molecule has 0 fully saturated rings. The molecule has 0 bridgehead atoms. The topological polar surface area (TPSA) is 29.9 Å². The van der Waals surface area contributed by atoms with Crippen LogP contribution in [-0.2, 0) is 13.1 Å². The molecular formula is C12H17N3S. The fourth-order valence-electron chi connectivity index (χ4n) is 1.67. The summed E-state index contributed by atoms with van der Waals surface area (Å²) in [6.45, 7) is 8.11. The molecule has 0 unspecified atom stereocenters. The van der Waals surface area contributed by atoms with Gasteiger partial charge in [0.15, 0.2) is 0 Å². The van der Waals surface area contributed by atoms with E-state index >= 15 is 0 Å². The number of hydrogen-bond acceptors (Lipinski definition) is 3. The van der Waals surface area contributed by atoms with Crippen LogP contribution in [0.2, 0.25) is 0 Å². The molecule has 0 aliphatic heterocycles. The number of anilines is 1. The second kappa shape index (κ2) is 4.70. The number of nitrogens with zero attached hydrogens (tertiary/aromatic N) is 2. The maximum atomic E-state index is 4.47. The number of aryl methyl sites for hydroxylation is 3. The van der Waals surface area contributed by atoms with Gasteiger partial charge in [-0.15, -0.1) is 11.3 Å². The standard InChI is InChI=1S/C12H17N3S/c1-4-15-10(3)7-12(14-15)13-8-11-9(2)5-6-16-11/h5-7H,4,8H2,1-3H3,(H,13,14). The molecule has 2 heterocycles. The fraction of sp³-hybridized carbons (Fsp3) is 0.417. The first kappa shape index (κ1) is 11.2. The monoisotopic (exact) mass is 235 g/mol. The van der Waals surface area contributed by atoms with E-state index in [1.54, 1.807) is 11.3 Å². The molecule has 0 saturated heterocycles. The lowest BCUT2D eigenvalue weighted by Gasteiger charge is -2.01. The summed E-state index contributed by atoms with van der Waals surface area (Å²) >= 11 is 1.79. The van der Waals surface area contributed by atoms with Crippen molar-refractivity contribution in [2.24, 2.45) is 0 Å². The lowest BCUT2D eigenvalue weighted by atomic mass is 10.3. The first-order chi connectivity index (χ1) is 7.70. The zero-order chi connectivity index (χ0) is 11.5. The minimum Gasteiger partial charge on any atom is -0.364 e. The highest BCUT2D eigenvalue weighted by Crippen LogP contribution is 2.17. The maximum absolute atomic E-state index is 4.47. The third-order valence-corrected chi connectivity index (χ3v) is 3.70. The van der Waals surface area contributed by atoms with Gasteiger partial charge in [-0.05, 0) is 37.8 Å². The molecule has 0 saturated carbocycles. The Hall–Kier alpha value is -1.29. The summed E-state index contributed by atoms with van der Waals surface area (Å²) in [5.41, 5.74) is 2.55. The average molecular weight is 235 g/mol. The molecule has 0 aromatic carbocycles. The number of thiophene rings is 1. The Kier molecular flexibility index (Phi) is 3.29. The van der Waals surface area contributed by atoms with E-state index in [1.807, 2.05) is 4.68 Å². The molecule has 0 aliphatic rings. The van der Waals surface area contributed by atoms with E-state index in [2.05, 4.69) is 48.7 Å². The third kappa shape index (κ3) is 2.27. The molecule has 0 aliphatic carbocycles. The van der Waals surface area contributed by atoms with Crippen molar-refractivity contribution in [3.63, 3.8) is 0 Å².